The fourth-order valence-corrected chi connectivity index (χ4v) is 5.04. The lowest BCUT2D eigenvalue weighted by Crippen LogP contribution is -2.21. The molecule has 0 heterocycles. The largest absolute Gasteiger partial charge is 0.493 e. The molecule has 0 aliphatic carbocycles. The van der Waals surface area contributed by atoms with Gasteiger partial charge in [-0.2, -0.15) is 0 Å². The number of anilines is 1. The van der Waals surface area contributed by atoms with Gasteiger partial charge in [-0.3, -0.25) is 0 Å². The van der Waals surface area contributed by atoms with Crippen LogP contribution in [0.3, 0.4) is 0 Å². The molecule has 0 bridgehead atoms. The molecule has 3 aromatic rings. The average molecular weight is 407 g/mol. The van der Waals surface area contributed by atoms with Crippen LogP contribution >= 0.6 is 8.58 Å². The van der Waals surface area contributed by atoms with Gasteiger partial charge in [-0.05, 0) is 23.0 Å². The summed E-state index contributed by atoms with van der Waals surface area (Å²) in [7, 11) is 6.47. The molecule has 0 amide bonds. The second kappa shape index (κ2) is 9.33. The van der Waals surface area contributed by atoms with Gasteiger partial charge in [0.2, 0.25) is 0 Å². The summed E-state index contributed by atoms with van der Waals surface area (Å²) in [5.74, 6) is 1.61. The maximum Gasteiger partial charge on any atom is 0.165 e. The summed E-state index contributed by atoms with van der Waals surface area (Å²) in [6, 6.07) is 25.0. The van der Waals surface area contributed by atoms with Crippen molar-refractivity contribution in [1.82, 2.24) is 0 Å². The van der Waals surface area contributed by atoms with Crippen molar-refractivity contribution in [2.24, 2.45) is 0 Å². The Balaban J connectivity index is 1.94. The van der Waals surface area contributed by atoms with E-state index < -0.39 is 0 Å². The molecule has 4 heteroatoms. The zero-order valence-electron chi connectivity index (χ0n) is 17.9. The maximum atomic E-state index is 6.32. The molecule has 0 saturated heterocycles. The number of rotatable bonds is 8. The lowest BCUT2D eigenvalue weighted by atomic mass is 10.0. The van der Waals surface area contributed by atoms with Gasteiger partial charge in [0.25, 0.3) is 0 Å². The van der Waals surface area contributed by atoms with E-state index in [1.165, 1.54) is 16.6 Å². The second-order valence-electron chi connectivity index (χ2n) is 7.77. The standard InChI is InChI=1S/C25H30NO2P/c1-25(2,29-23-17-10-9-15-21(23)26(3)4)20-14-11-16-22(27-5)24(20)28-18-19-12-7-6-8-13-19/h6-17,29H,18H2,1-5H3. The van der Waals surface area contributed by atoms with Gasteiger partial charge in [-0.25, -0.2) is 0 Å². The van der Waals surface area contributed by atoms with Crippen LogP contribution in [-0.2, 0) is 11.8 Å². The van der Waals surface area contributed by atoms with E-state index in [9.17, 15) is 0 Å². The monoisotopic (exact) mass is 407 g/mol. The highest BCUT2D eigenvalue weighted by Crippen LogP contribution is 2.48. The Hall–Kier alpha value is -2.51. The van der Waals surface area contributed by atoms with Gasteiger partial charge < -0.3 is 14.4 Å². The molecule has 1 unspecified atom stereocenters. The lowest BCUT2D eigenvalue weighted by molar-refractivity contribution is 0.279. The molecule has 3 rings (SSSR count). The first-order valence-electron chi connectivity index (χ1n) is 9.81. The Morgan fingerprint density at radius 2 is 1.55 bits per heavy atom. The third kappa shape index (κ3) is 5.10. The van der Waals surface area contributed by atoms with Crippen molar-refractivity contribution >= 4 is 19.6 Å². The molecule has 3 aromatic carbocycles. The van der Waals surface area contributed by atoms with Gasteiger partial charge >= 0.3 is 0 Å². The number of benzene rings is 3. The van der Waals surface area contributed by atoms with Crippen LogP contribution in [0.1, 0.15) is 25.0 Å². The van der Waals surface area contributed by atoms with Crippen LogP contribution < -0.4 is 19.7 Å². The molecule has 0 fully saturated rings. The summed E-state index contributed by atoms with van der Waals surface area (Å²) in [6.45, 7) is 5.08. The number of para-hydroxylation sites is 2. The smallest absolute Gasteiger partial charge is 0.165 e. The Bertz CT molecular complexity index is 939. The molecule has 3 nitrogen and oxygen atoms in total. The third-order valence-corrected chi connectivity index (χ3v) is 6.52. The van der Waals surface area contributed by atoms with Crippen LogP contribution in [0.2, 0.25) is 0 Å². The van der Waals surface area contributed by atoms with Crippen molar-refractivity contribution in [1.29, 1.82) is 0 Å². The van der Waals surface area contributed by atoms with E-state index in [1.54, 1.807) is 7.11 Å². The van der Waals surface area contributed by atoms with E-state index in [0.29, 0.717) is 15.2 Å². The first-order valence-corrected chi connectivity index (χ1v) is 10.8. The molecule has 0 saturated carbocycles. The number of hydrogen-bond acceptors (Lipinski definition) is 3. The second-order valence-corrected chi connectivity index (χ2v) is 9.81. The summed E-state index contributed by atoms with van der Waals surface area (Å²) >= 11 is 0. The molecule has 29 heavy (non-hydrogen) atoms. The van der Waals surface area contributed by atoms with E-state index in [0.717, 1.165) is 17.1 Å². The Labute approximate surface area is 176 Å². The van der Waals surface area contributed by atoms with E-state index in [1.807, 2.05) is 30.3 Å². The van der Waals surface area contributed by atoms with Crippen molar-refractivity contribution in [3.05, 3.63) is 83.9 Å². The van der Waals surface area contributed by atoms with Crippen LogP contribution in [0.15, 0.2) is 72.8 Å². The molecular formula is C25H30NO2P. The first-order chi connectivity index (χ1) is 13.9. The van der Waals surface area contributed by atoms with Crippen molar-refractivity contribution in [2.75, 3.05) is 26.1 Å². The minimum atomic E-state index is -0.104. The van der Waals surface area contributed by atoms with Crippen LogP contribution in [0, 0.1) is 0 Å². The van der Waals surface area contributed by atoms with Crippen molar-refractivity contribution in [2.45, 2.75) is 25.6 Å². The van der Waals surface area contributed by atoms with Gasteiger partial charge in [0.05, 0.1) is 7.11 Å². The molecule has 0 aliphatic rings. The highest BCUT2D eigenvalue weighted by atomic mass is 31.1. The van der Waals surface area contributed by atoms with Gasteiger partial charge in [0, 0.05) is 30.5 Å². The fraction of sp³-hybridized carbons (Fsp3) is 0.280. The van der Waals surface area contributed by atoms with E-state index >= 15 is 0 Å². The first kappa shape index (κ1) is 21.2. The minimum Gasteiger partial charge on any atom is -0.493 e. The molecule has 152 valence electrons. The van der Waals surface area contributed by atoms with Gasteiger partial charge in [-0.1, -0.05) is 83.1 Å². The van der Waals surface area contributed by atoms with Crippen molar-refractivity contribution in [3.63, 3.8) is 0 Å². The van der Waals surface area contributed by atoms with Crippen LogP contribution in [0.25, 0.3) is 0 Å². The molecule has 1 atom stereocenters. The Morgan fingerprint density at radius 1 is 0.862 bits per heavy atom. The molecule has 0 aliphatic heterocycles. The Kier molecular flexibility index (Phi) is 6.82. The van der Waals surface area contributed by atoms with Crippen molar-refractivity contribution < 1.29 is 9.47 Å². The van der Waals surface area contributed by atoms with Crippen LogP contribution in [0.5, 0.6) is 11.5 Å². The van der Waals surface area contributed by atoms with Crippen LogP contribution in [-0.4, -0.2) is 21.2 Å². The topological polar surface area (TPSA) is 21.7 Å². The molecular weight excluding hydrogens is 377 g/mol. The summed E-state index contributed by atoms with van der Waals surface area (Å²) in [6.07, 6.45) is 0. The van der Waals surface area contributed by atoms with Crippen LogP contribution in [0.4, 0.5) is 5.69 Å². The third-order valence-electron chi connectivity index (χ3n) is 4.93. The molecule has 0 radical (unpaired) electrons. The maximum absolute atomic E-state index is 6.32. The Morgan fingerprint density at radius 3 is 2.24 bits per heavy atom. The zero-order chi connectivity index (χ0) is 20.9. The summed E-state index contributed by atoms with van der Waals surface area (Å²) in [5.41, 5.74) is 3.57. The predicted octanol–water partition coefficient (Wildman–Crippen LogP) is 5.58. The highest BCUT2D eigenvalue weighted by Gasteiger charge is 2.28. The van der Waals surface area contributed by atoms with E-state index in [4.69, 9.17) is 9.47 Å². The van der Waals surface area contributed by atoms with Gasteiger partial charge in [0.15, 0.2) is 11.5 Å². The minimum absolute atomic E-state index is 0.104. The quantitative estimate of drug-likeness (QED) is 0.455. The normalized spacial score (nSPS) is 11.6. The average Bonchev–Trinajstić information content (AvgIpc) is 2.72. The SMILES string of the molecule is COc1cccc(C(C)(C)Pc2ccccc2N(C)C)c1OCc1ccccc1. The molecule has 0 spiro atoms. The van der Waals surface area contributed by atoms with E-state index in [-0.39, 0.29) is 5.16 Å². The number of methoxy groups -OCH3 is 1. The summed E-state index contributed by atoms with van der Waals surface area (Å²) in [5, 5.41) is 1.24. The fourth-order valence-electron chi connectivity index (χ4n) is 3.42. The molecule has 0 aromatic heterocycles. The van der Waals surface area contributed by atoms with Gasteiger partial charge in [-0.15, -0.1) is 0 Å². The predicted molar refractivity (Wildman–Crippen MR) is 126 cm³/mol. The number of hydrogen-bond donors (Lipinski definition) is 0. The number of ether oxygens (including phenoxy) is 2. The van der Waals surface area contributed by atoms with E-state index in [2.05, 4.69) is 75.3 Å². The summed E-state index contributed by atoms with van der Waals surface area (Å²) in [4.78, 5) is 2.18. The van der Waals surface area contributed by atoms with Gasteiger partial charge in [0.1, 0.15) is 6.61 Å². The number of nitrogens with zero attached hydrogens (tertiary/aromatic N) is 1. The molecule has 0 N–H and O–H groups in total. The lowest BCUT2D eigenvalue weighted by Gasteiger charge is -2.30. The zero-order valence-corrected chi connectivity index (χ0v) is 18.9. The summed E-state index contributed by atoms with van der Waals surface area (Å²) < 4.78 is 12.0. The van der Waals surface area contributed by atoms with Crippen molar-refractivity contribution in [3.8, 4) is 11.5 Å². The highest BCUT2D eigenvalue weighted by molar-refractivity contribution is 7.49.